The van der Waals surface area contributed by atoms with Crippen molar-refractivity contribution in [2.24, 2.45) is 0 Å². The third kappa shape index (κ3) is 10.3. The first-order valence-corrected chi connectivity index (χ1v) is 7.93. The van der Waals surface area contributed by atoms with Gasteiger partial charge in [-0.05, 0) is 52.4 Å². The summed E-state index contributed by atoms with van der Waals surface area (Å²) in [5, 5.41) is 6.18. The van der Waals surface area contributed by atoms with E-state index in [0.717, 1.165) is 19.5 Å². The largest absolute Gasteiger partial charge is 0.355 e. The predicted molar refractivity (Wildman–Crippen MR) is 94.8 cm³/mol. The molecular formula is C15H33Cl2N3O. The van der Waals surface area contributed by atoms with Gasteiger partial charge in [0.15, 0.2) is 0 Å². The van der Waals surface area contributed by atoms with Gasteiger partial charge in [0.25, 0.3) is 0 Å². The Kier molecular flexibility index (Phi) is 16.5. The zero-order chi connectivity index (χ0) is 13.9. The summed E-state index contributed by atoms with van der Waals surface area (Å²) in [4.78, 5) is 14.3. The molecule has 2 N–H and O–H groups in total. The van der Waals surface area contributed by atoms with Gasteiger partial charge < -0.3 is 10.6 Å². The Morgan fingerprint density at radius 1 is 1.24 bits per heavy atom. The van der Waals surface area contributed by atoms with Gasteiger partial charge in [0, 0.05) is 19.0 Å². The molecule has 1 aliphatic heterocycles. The maximum Gasteiger partial charge on any atom is 0.220 e. The van der Waals surface area contributed by atoms with Crippen LogP contribution in [0.2, 0.25) is 0 Å². The van der Waals surface area contributed by atoms with E-state index in [2.05, 4.69) is 22.5 Å². The van der Waals surface area contributed by atoms with E-state index in [1.807, 2.05) is 7.05 Å². The van der Waals surface area contributed by atoms with Crippen LogP contribution in [-0.2, 0) is 4.79 Å². The number of nitrogens with zero attached hydrogens (tertiary/aromatic N) is 1. The van der Waals surface area contributed by atoms with Crippen molar-refractivity contribution in [1.29, 1.82) is 0 Å². The topological polar surface area (TPSA) is 44.4 Å². The second-order valence-corrected chi connectivity index (χ2v) is 5.55. The van der Waals surface area contributed by atoms with Gasteiger partial charge in [-0.3, -0.25) is 9.69 Å². The number of piperidine rings is 1. The number of likely N-dealkylation sites (tertiary alicyclic amines) is 1. The number of hydrogen-bond donors (Lipinski definition) is 2. The third-order valence-corrected chi connectivity index (χ3v) is 3.91. The van der Waals surface area contributed by atoms with Gasteiger partial charge >= 0.3 is 0 Å². The van der Waals surface area contributed by atoms with Gasteiger partial charge in [-0.25, -0.2) is 0 Å². The van der Waals surface area contributed by atoms with Crippen LogP contribution in [0.5, 0.6) is 0 Å². The smallest absolute Gasteiger partial charge is 0.220 e. The molecular weight excluding hydrogens is 309 g/mol. The van der Waals surface area contributed by atoms with Crippen molar-refractivity contribution in [3.05, 3.63) is 0 Å². The number of carbonyl (C=O) groups is 1. The van der Waals surface area contributed by atoms with Gasteiger partial charge in [0.1, 0.15) is 0 Å². The number of nitrogens with one attached hydrogen (secondary N) is 2. The van der Waals surface area contributed by atoms with Gasteiger partial charge in [-0.15, -0.1) is 24.8 Å². The Labute approximate surface area is 142 Å². The van der Waals surface area contributed by atoms with E-state index < -0.39 is 0 Å². The number of amides is 1. The molecule has 1 rings (SSSR count). The highest BCUT2D eigenvalue weighted by atomic mass is 35.5. The first-order valence-electron chi connectivity index (χ1n) is 7.93. The highest BCUT2D eigenvalue weighted by molar-refractivity contribution is 5.85. The maximum atomic E-state index is 11.7. The summed E-state index contributed by atoms with van der Waals surface area (Å²) in [5.41, 5.74) is 0. The fourth-order valence-corrected chi connectivity index (χ4v) is 2.69. The van der Waals surface area contributed by atoms with Crippen LogP contribution in [0.25, 0.3) is 0 Å². The zero-order valence-corrected chi connectivity index (χ0v) is 15.2. The highest BCUT2D eigenvalue weighted by Gasteiger charge is 2.21. The maximum absolute atomic E-state index is 11.7. The van der Waals surface area contributed by atoms with Crippen LogP contribution in [0.1, 0.15) is 51.9 Å². The number of unbranched alkanes of at least 4 members (excludes halogenated alkanes) is 1. The molecule has 1 saturated heterocycles. The van der Waals surface area contributed by atoms with Crippen molar-refractivity contribution >= 4 is 30.7 Å². The molecule has 1 fully saturated rings. The minimum absolute atomic E-state index is 0. The van der Waals surface area contributed by atoms with Crippen LogP contribution in [-0.4, -0.2) is 50.1 Å². The molecule has 0 aliphatic carbocycles. The van der Waals surface area contributed by atoms with E-state index in [1.54, 1.807) is 0 Å². The Bertz CT molecular complexity index is 255. The van der Waals surface area contributed by atoms with E-state index in [9.17, 15) is 4.79 Å². The summed E-state index contributed by atoms with van der Waals surface area (Å²) in [6.07, 6.45) is 7.95. The van der Waals surface area contributed by atoms with Gasteiger partial charge in [0.2, 0.25) is 5.91 Å². The van der Waals surface area contributed by atoms with Crippen molar-refractivity contribution in [3.8, 4) is 0 Å². The highest BCUT2D eigenvalue weighted by Crippen LogP contribution is 2.17. The molecule has 0 aromatic carbocycles. The molecule has 128 valence electrons. The second kappa shape index (κ2) is 14.9. The molecule has 1 heterocycles. The van der Waals surface area contributed by atoms with Gasteiger partial charge in [0.05, 0.1) is 0 Å². The molecule has 4 nitrogen and oxygen atoms in total. The van der Waals surface area contributed by atoms with Crippen molar-refractivity contribution in [2.75, 3.05) is 33.2 Å². The SMILES string of the molecule is CCCCN1CCCCC1CNC(=O)CCCNC.Cl.Cl. The summed E-state index contributed by atoms with van der Waals surface area (Å²) in [7, 11) is 1.92. The van der Waals surface area contributed by atoms with Crippen LogP contribution in [0.4, 0.5) is 0 Å². The number of rotatable bonds is 9. The molecule has 0 aromatic heterocycles. The normalized spacial score (nSPS) is 18.5. The minimum atomic E-state index is 0. The molecule has 0 aromatic rings. The Hall–Kier alpha value is -0.0300. The molecule has 0 spiro atoms. The van der Waals surface area contributed by atoms with Crippen molar-refractivity contribution < 1.29 is 4.79 Å². The summed E-state index contributed by atoms with van der Waals surface area (Å²) in [5.74, 6) is 0.205. The summed E-state index contributed by atoms with van der Waals surface area (Å²) in [6, 6.07) is 0.563. The molecule has 0 radical (unpaired) electrons. The monoisotopic (exact) mass is 341 g/mol. The molecule has 1 atom stereocenters. The van der Waals surface area contributed by atoms with Crippen LogP contribution >= 0.6 is 24.8 Å². The van der Waals surface area contributed by atoms with E-state index in [0.29, 0.717) is 12.5 Å². The summed E-state index contributed by atoms with van der Waals surface area (Å²) in [6.45, 7) is 6.39. The lowest BCUT2D eigenvalue weighted by Gasteiger charge is -2.35. The average molecular weight is 342 g/mol. The van der Waals surface area contributed by atoms with Crippen LogP contribution in [0.15, 0.2) is 0 Å². The number of hydrogen-bond acceptors (Lipinski definition) is 3. The molecule has 1 aliphatic rings. The lowest BCUT2D eigenvalue weighted by Crippen LogP contribution is -2.47. The van der Waals surface area contributed by atoms with E-state index in [-0.39, 0.29) is 30.7 Å². The minimum Gasteiger partial charge on any atom is -0.355 e. The van der Waals surface area contributed by atoms with E-state index in [4.69, 9.17) is 0 Å². The predicted octanol–water partition coefficient (Wildman–Crippen LogP) is 2.60. The van der Waals surface area contributed by atoms with E-state index in [1.165, 1.54) is 45.2 Å². The average Bonchev–Trinajstić information content (AvgIpc) is 2.44. The molecule has 0 saturated carbocycles. The molecule has 1 amide bonds. The molecule has 21 heavy (non-hydrogen) atoms. The standard InChI is InChI=1S/C15H31N3O.2ClH/c1-3-4-11-18-12-6-5-8-14(18)13-17-15(19)9-7-10-16-2;;/h14,16H,3-13H2,1-2H3,(H,17,19);2*1H. The first kappa shape index (κ1) is 23.2. The van der Waals surface area contributed by atoms with Crippen LogP contribution in [0.3, 0.4) is 0 Å². The lowest BCUT2D eigenvalue weighted by atomic mass is 10.0. The Morgan fingerprint density at radius 2 is 2.00 bits per heavy atom. The first-order chi connectivity index (χ1) is 9.27. The lowest BCUT2D eigenvalue weighted by molar-refractivity contribution is -0.121. The van der Waals surface area contributed by atoms with Crippen molar-refractivity contribution in [1.82, 2.24) is 15.5 Å². The molecule has 1 unspecified atom stereocenters. The molecule has 0 bridgehead atoms. The van der Waals surface area contributed by atoms with Crippen LogP contribution in [0, 0.1) is 0 Å². The van der Waals surface area contributed by atoms with E-state index >= 15 is 0 Å². The van der Waals surface area contributed by atoms with Gasteiger partial charge in [-0.1, -0.05) is 19.8 Å². The number of carbonyl (C=O) groups excluding carboxylic acids is 1. The van der Waals surface area contributed by atoms with Crippen LogP contribution < -0.4 is 10.6 Å². The Morgan fingerprint density at radius 3 is 2.67 bits per heavy atom. The summed E-state index contributed by atoms with van der Waals surface area (Å²) >= 11 is 0. The van der Waals surface area contributed by atoms with Gasteiger partial charge in [-0.2, -0.15) is 0 Å². The third-order valence-electron chi connectivity index (χ3n) is 3.91. The van der Waals surface area contributed by atoms with Crippen molar-refractivity contribution in [2.45, 2.75) is 57.9 Å². The Balaban J connectivity index is 0. The molecule has 6 heteroatoms. The fourth-order valence-electron chi connectivity index (χ4n) is 2.69. The van der Waals surface area contributed by atoms with Crippen molar-refractivity contribution in [3.63, 3.8) is 0 Å². The fraction of sp³-hybridized carbons (Fsp3) is 0.933. The number of halogens is 2. The second-order valence-electron chi connectivity index (χ2n) is 5.55. The quantitative estimate of drug-likeness (QED) is 0.633. The summed E-state index contributed by atoms with van der Waals surface area (Å²) < 4.78 is 0. The zero-order valence-electron chi connectivity index (χ0n) is 13.5.